The molecule has 3 saturated carbocycles. The van der Waals surface area contributed by atoms with Gasteiger partial charge in [-0.25, -0.2) is 0 Å². The summed E-state index contributed by atoms with van der Waals surface area (Å²) >= 11 is 0. The number of halogens is 5. The fourth-order valence-corrected chi connectivity index (χ4v) is 5.79. The Kier molecular flexibility index (Phi) is 2.60. The molecule has 7 atom stereocenters. The monoisotopic (exact) mass is 322 g/mol. The van der Waals surface area contributed by atoms with E-state index >= 15 is 0 Å². The van der Waals surface area contributed by atoms with E-state index in [1.807, 2.05) is 6.08 Å². The minimum absolute atomic E-state index is 0.0496. The Morgan fingerprint density at radius 3 is 2.23 bits per heavy atom. The molecule has 0 aliphatic heterocycles. The zero-order valence-electron chi connectivity index (χ0n) is 11.5. The van der Waals surface area contributed by atoms with E-state index < -0.39 is 35.8 Å². The Hall–Kier alpha value is -0.980. The molecule has 22 heavy (non-hydrogen) atoms. The van der Waals surface area contributed by atoms with Gasteiger partial charge in [-0.15, -0.1) is 0 Å². The molecule has 4 rings (SSSR count). The summed E-state index contributed by atoms with van der Waals surface area (Å²) in [5.74, 6) is -8.74. The molecule has 7 heteroatoms. The number of carbonyl (C=O) groups is 1. The minimum Gasteiger partial charge on any atom is -0.383 e. The van der Waals surface area contributed by atoms with Gasteiger partial charge in [-0.1, -0.05) is 12.2 Å². The van der Waals surface area contributed by atoms with E-state index in [2.05, 4.69) is 6.08 Å². The van der Waals surface area contributed by atoms with Crippen LogP contribution in [0.1, 0.15) is 19.3 Å². The highest BCUT2D eigenvalue weighted by molar-refractivity contribution is 5.92. The summed E-state index contributed by atoms with van der Waals surface area (Å²) in [4.78, 5) is 11.2. The number of allylic oxidation sites excluding steroid dienone is 2. The smallest absolute Gasteiger partial charge is 0.383 e. The van der Waals surface area contributed by atoms with Crippen molar-refractivity contribution in [3.63, 3.8) is 0 Å². The van der Waals surface area contributed by atoms with Gasteiger partial charge in [0.1, 0.15) is 5.60 Å². The molecule has 0 aromatic carbocycles. The molecule has 2 nitrogen and oxygen atoms in total. The van der Waals surface area contributed by atoms with Crippen LogP contribution in [0.25, 0.3) is 0 Å². The van der Waals surface area contributed by atoms with Crippen LogP contribution in [0.15, 0.2) is 12.2 Å². The first kappa shape index (κ1) is 14.6. The van der Waals surface area contributed by atoms with Gasteiger partial charge in [0.05, 0.1) is 0 Å². The number of rotatable bonds is 2. The minimum atomic E-state index is -5.64. The quantitative estimate of drug-likeness (QED) is 0.482. The molecule has 4 bridgehead atoms. The van der Waals surface area contributed by atoms with E-state index in [9.17, 15) is 31.9 Å². The summed E-state index contributed by atoms with van der Waals surface area (Å²) in [5.41, 5.74) is -2.86. The maximum atomic E-state index is 14.2. The molecule has 0 heterocycles. The van der Waals surface area contributed by atoms with Crippen molar-refractivity contribution in [2.75, 3.05) is 0 Å². The number of hydrogen-bond acceptors (Lipinski definition) is 2. The first-order chi connectivity index (χ1) is 10.1. The second kappa shape index (κ2) is 3.91. The second-order valence-corrected chi connectivity index (χ2v) is 7.23. The largest absolute Gasteiger partial charge is 0.456 e. The predicted molar refractivity (Wildman–Crippen MR) is 64.9 cm³/mol. The van der Waals surface area contributed by atoms with Gasteiger partial charge >= 0.3 is 17.9 Å². The van der Waals surface area contributed by atoms with E-state index in [1.54, 1.807) is 0 Å². The third kappa shape index (κ3) is 1.51. The second-order valence-electron chi connectivity index (χ2n) is 7.23. The lowest BCUT2D eigenvalue weighted by Crippen LogP contribution is -2.62. The highest BCUT2D eigenvalue weighted by Gasteiger charge is 2.76. The van der Waals surface area contributed by atoms with Crippen LogP contribution in [-0.2, 0) is 4.79 Å². The van der Waals surface area contributed by atoms with Gasteiger partial charge in [-0.3, -0.25) is 4.79 Å². The number of fused-ring (bicyclic) bond motifs is 9. The molecule has 122 valence electrons. The first-order valence-electron chi connectivity index (χ1n) is 7.47. The van der Waals surface area contributed by atoms with Crippen molar-refractivity contribution in [3.8, 4) is 0 Å². The van der Waals surface area contributed by atoms with Crippen molar-refractivity contribution in [1.82, 2.24) is 0 Å². The molecule has 0 radical (unpaired) electrons. The Bertz CT molecular complexity index is 569. The number of alkyl halides is 5. The average Bonchev–Trinajstić information content (AvgIpc) is 3.13. The van der Waals surface area contributed by atoms with Crippen molar-refractivity contribution in [2.45, 2.75) is 37.0 Å². The molecule has 4 aliphatic rings. The van der Waals surface area contributed by atoms with Crippen molar-refractivity contribution in [1.29, 1.82) is 0 Å². The fraction of sp³-hybridized carbons (Fsp3) is 0.800. The van der Waals surface area contributed by atoms with Gasteiger partial charge < -0.3 is 5.11 Å². The Balaban J connectivity index is 1.69. The molecule has 0 amide bonds. The van der Waals surface area contributed by atoms with Crippen molar-refractivity contribution in [3.05, 3.63) is 12.2 Å². The van der Waals surface area contributed by atoms with E-state index in [0.717, 1.165) is 6.42 Å². The van der Waals surface area contributed by atoms with Crippen LogP contribution >= 0.6 is 0 Å². The molecular weight excluding hydrogens is 307 g/mol. The molecule has 0 saturated heterocycles. The Morgan fingerprint density at radius 2 is 1.64 bits per heavy atom. The summed E-state index contributed by atoms with van der Waals surface area (Å²) in [6.07, 6.45) is -0.945. The zero-order valence-corrected chi connectivity index (χ0v) is 11.5. The van der Waals surface area contributed by atoms with Crippen molar-refractivity contribution < 1.29 is 31.9 Å². The van der Waals surface area contributed by atoms with E-state index in [-0.39, 0.29) is 23.7 Å². The van der Waals surface area contributed by atoms with Gasteiger partial charge in [0.2, 0.25) is 0 Å². The predicted octanol–water partition coefficient (Wildman–Crippen LogP) is 2.96. The van der Waals surface area contributed by atoms with Gasteiger partial charge in [0, 0.05) is 0 Å². The van der Waals surface area contributed by atoms with Crippen molar-refractivity contribution in [2.24, 2.45) is 35.5 Å². The number of ketones is 1. The summed E-state index contributed by atoms with van der Waals surface area (Å²) in [5, 5.41) is 10.4. The molecule has 3 fully saturated rings. The Morgan fingerprint density at radius 1 is 1.05 bits per heavy atom. The topological polar surface area (TPSA) is 37.3 Å². The Labute approximate surface area is 123 Å². The summed E-state index contributed by atoms with van der Waals surface area (Å²) in [6.45, 7) is 0. The van der Waals surface area contributed by atoms with Gasteiger partial charge in [-0.2, -0.15) is 22.0 Å². The maximum Gasteiger partial charge on any atom is 0.456 e. The van der Waals surface area contributed by atoms with Crippen LogP contribution in [0.2, 0.25) is 0 Å². The summed E-state index contributed by atoms with van der Waals surface area (Å²) < 4.78 is 65.9. The summed E-state index contributed by atoms with van der Waals surface area (Å²) in [6, 6.07) is 0. The molecule has 1 N–H and O–H groups in total. The highest BCUT2D eigenvalue weighted by atomic mass is 19.4. The lowest BCUT2D eigenvalue weighted by molar-refractivity contribution is -0.243. The molecule has 0 aromatic heterocycles. The van der Waals surface area contributed by atoms with Crippen LogP contribution in [0.4, 0.5) is 22.0 Å². The van der Waals surface area contributed by atoms with Gasteiger partial charge in [0.15, 0.2) is 0 Å². The lowest BCUT2D eigenvalue weighted by atomic mass is 9.65. The first-order valence-corrected chi connectivity index (χ1v) is 7.47. The van der Waals surface area contributed by atoms with E-state index in [4.69, 9.17) is 0 Å². The number of Topliss-reactive ketones (excluding diaryl/α,β-unsaturated/α-hetero) is 1. The third-order valence-electron chi connectivity index (χ3n) is 6.42. The zero-order chi connectivity index (χ0) is 16.1. The SMILES string of the molecule is O=C(C(F)(F)F)C(F)(F)C1(O)CC2CC1C1C3C=CC(C3)C21. The highest BCUT2D eigenvalue weighted by Crippen LogP contribution is 2.70. The van der Waals surface area contributed by atoms with Crippen LogP contribution in [0.5, 0.6) is 0 Å². The lowest BCUT2D eigenvalue weighted by Gasteiger charge is -2.45. The van der Waals surface area contributed by atoms with E-state index in [0.29, 0.717) is 12.3 Å². The molecular formula is C15H15F5O2. The summed E-state index contributed by atoms with van der Waals surface area (Å²) in [7, 11) is 0. The fourth-order valence-electron chi connectivity index (χ4n) is 5.79. The van der Waals surface area contributed by atoms with Crippen LogP contribution in [0.3, 0.4) is 0 Å². The third-order valence-corrected chi connectivity index (χ3v) is 6.42. The average molecular weight is 322 g/mol. The maximum absolute atomic E-state index is 14.2. The number of carbonyl (C=O) groups excluding carboxylic acids is 1. The number of aliphatic hydroxyl groups is 1. The van der Waals surface area contributed by atoms with Crippen molar-refractivity contribution >= 4 is 5.78 Å². The normalized spacial score (nSPS) is 49.0. The van der Waals surface area contributed by atoms with Crippen LogP contribution in [0, 0.1) is 35.5 Å². The molecule has 0 aromatic rings. The van der Waals surface area contributed by atoms with Crippen LogP contribution < -0.4 is 0 Å². The van der Waals surface area contributed by atoms with E-state index in [1.165, 1.54) is 0 Å². The van der Waals surface area contributed by atoms with Gasteiger partial charge in [-0.05, 0) is 54.8 Å². The number of hydrogen-bond donors (Lipinski definition) is 1. The van der Waals surface area contributed by atoms with Gasteiger partial charge in [0.25, 0.3) is 0 Å². The molecule has 7 unspecified atom stereocenters. The molecule has 4 aliphatic carbocycles. The standard InChI is InChI=1S/C15H15F5O2/c16-14(17,12(21)15(18,19)20)13(22)5-8-4-9(13)11-7-2-1-6(3-7)10(8)11/h1-2,6-11,22H,3-5H2. The molecule has 0 spiro atoms. The van der Waals surface area contributed by atoms with Crippen LogP contribution in [-0.4, -0.2) is 28.6 Å².